The lowest BCUT2D eigenvalue weighted by molar-refractivity contribution is -0.151. The van der Waals surface area contributed by atoms with Crippen molar-refractivity contribution < 1.29 is 15.3 Å². The second-order valence-electron chi connectivity index (χ2n) is 9.31. The predicted molar refractivity (Wildman–Crippen MR) is 92.9 cm³/mol. The summed E-state index contributed by atoms with van der Waals surface area (Å²) in [7, 11) is 0. The molecular formula is C21H30O3. The van der Waals surface area contributed by atoms with E-state index in [9.17, 15) is 15.3 Å². The summed E-state index contributed by atoms with van der Waals surface area (Å²) in [6.07, 6.45) is 13.0. The van der Waals surface area contributed by atoms with E-state index >= 15 is 0 Å². The lowest BCUT2D eigenvalue weighted by Crippen LogP contribution is -2.59. The van der Waals surface area contributed by atoms with Crippen LogP contribution in [0.1, 0.15) is 58.8 Å². The Bertz CT molecular complexity index is 619. The molecule has 3 heteroatoms. The Morgan fingerprint density at radius 2 is 1.96 bits per heavy atom. The molecule has 3 fully saturated rings. The molecule has 0 spiro atoms. The Hall–Kier alpha value is -0.820. The molecule has 0 aromatic carbocycles. The molecule has 4 aliphatic carbocycles. The number of allylic oxidation sites excluding steroid dienone is 1. The van der Waals surface area contributed by atoms with Crippen molar-refractivity contribution in [2.24, 2.45) is 28.6 Å². The molecule has 3 N–H and O–H groups in total. The minimum atomic E-state index is -1.09. The topological polar surface area (TPSA) is 60.7 Å². The first-order chi connectivity index (χ1) is 11.2. The summed E-state index contributed by atoms with van der Waals surface area (Å²) in [5, 5.41) is 32.2. The van der Waals surface area contributed by atoms with Crippen LogP contribution in [0.5, 0.6) is 0 Å². The molecule has 0 aromatic rings. The van der Waals surface area contributed by atoms with Crippen molar-refractivity contribution in [3.63, 3.8) is 0 Å². The monoisotopic (exact) mass is 330 g/mol. The van der Waals surface area contributed by atoms with E-state index in [4.69, 9.17) is 6.42 Å². The van der Waals surface area contributed by atoms with Gasteiger partial charge in [0.15, 0.2) is 0 Å². The van der Waals surface area contributed by atoms with Crippen LogP contribution in [0.4, 0.5) is 0 Å². The van der Waals surface area contributed by atoms with Crippen molar-refractivity contribution in [3.05, 3.63) is 11.6 Å². The molecule has 0 bridgehead atoms. The molecule has 8 atom stereocenters. The van der Waals surface area contributed by atoms with Crippen molar-refractivity contribution in [1.29, 1.82) is 0 Å². The van der Waals surface area contributed by atoms with Crippen molar-refractivity contribution in [1.82, 2.24) is 0 Å². The van der Waals surface area contributed by atoms with E-state index in [0.717, 1.165) is 32.1 Å². The van der Waals surface area contributed by atoms with Gasteiger partial charge in [-0.1, -0.05) is 31.4 Å². The summed E-state index contributed by atoms with van der Waals surface area (Å²) in [5.74, 6) is 3.64. The smallest absolute Gasteiger partial charge is 0.130 e. The van der Waals surface area contributed by atoms with Gasteiger partial charge in [-0.15, -0.1) is 6.42 Å². The molecule has 0 aliphatic heterocycles. The Kier molecular flexibility index (Phi) is 3.53. The van der Waals surface area contributed by atoms with Crippen molar-refractivity contribution in [2.75, 3.05) is 0 Å². The maximum absolute atomic E-state index is 11.1. The number of fused-ring (bicyclic) bond motifs is 5. The second kappa shape index (κ2) is 5.10. The Morgan fingerprint density at radius 1 is 1.21 bits per heavy atom. The summed E-state index contributed by atoms with van der Waals surface area (Å²) in [4.78, 5) is 0. The van der Waals surface area contributed by atoms with Crippen molar-refractivity contribution >= 4 is 0 Å². The van der Waals surface area contributed by atoms with Gasteiger partial charge >= 0.3 is 0 Å². The zero-order valence-electron chi connectivity index (χ0n) is 14.8. The average Bonchev–Trinajstić information content (AvgIpc) is 2.79. The fourth-order valence-electron chi connectivity index (χ4n) is 7.02. The van der Waals surface area contributed by atoms with Crippen molar-refractivity contribution in [2.45, 2.75) is 76.6 Å². The van der Waals surface area contributed by atoms with Gasteiger partial charge in [0, 0.05) is 5.41 Å². The fourth-order valence-corrected chi connectivity index (χ4v) is 7.02. The van der Waals surface area contributed by atoms with E-state index in [-0.39, 0.29) is 17.4 Å². The average molecular weight is 330 g/mol. The molecule has 3 nitrogen and oxygen atoms in total. The number of aliphatic hydroxyl groups excluding tert-OH is 2. The van der Waals surface area contributed by atoms with Crippen LogP contribution in [0.3, 0.4) is 0 Å². The number of aliphatic hydroxyl groups is 3. The largest absolute Gasteiger partial charge is 0.393 e. The van der Waals surface area contributed by atoms with Crippen LogP contribution in [0, 0.1) is 40.9 Å². The number of hydrogen-bond donors (Lipinski definition) is 3. The molecule has 0 aromatic heterocycles. The Morgan fingerprint density at radius 3 is 2.67 bits per heavy atom. The number of rotatable bonds is 0. The van der Waals surface area contributed by atoms with Gasteiger partial charge in [0.05, 0.1) is 12.2 Å². The summed E-state index contributed by atoms with van der Waals surface area (Å²) in [6.45, 7) is 4.38. The highest BCUT2D eigenvalue weighted by molar-refractivity contribution is 5.30. The SMILES string of the molecule is C#C[C@]1(O)CC[C@H]2[C@@H]3CC=C4C[C@@H](O)CC[C@]4(C)[C@H]3[C@@H](O)C[C@@]21C. The van der Waals surface area contributed by atoms with Gasteiger partial charge in [0.25, 0.3) is 0 Å². The zero-order valence-corrected chi connectivity index (χ0v) is 14.8. The van der Waals surface area contributed by atoms with Gasteiger partial charge in [-0.3, -0.25) is 0 Å². The van der Waals surface area contributed by atoms with Crippen LogP contribution in [-0.4, -0.2) is 33.1 Å². The number of hydrogen-bond acceptors (Lipinski definition) is 3. The van der Waals surface area contributed by atoms with Gasteiger partial charge in [-0.05, 0) is 68.1 Å². The normalized spacial score (nSPS) is 56.5. The van der Waals surface area contributed by atoms with Gasteiger partial charge in [-0.2, -0.15) is 0 Å². The van der Waals surface area contributed by atoms with E-state index in [1.54, 1.807) is 0 Å². The second-order valence-corrected chi connectivity index (χ2v) is 9.31. The first-order valence-electron chi connectivity index (χ1n) is 9.51. The molecule has 0 amide bonds. The van der Waals surface area contributed by atoms with Crippen molar-refractivity contribution in [3.8, 4) is 12.3 Å². The van der Waals surface area contributed by atoms with Gasteiger partial charge < -0.3 is 15.3 Å². The third kappa shape index (κ3) is 1.91. The minimum Gasteiger partial charge on any atom is -0.393 e. The first-order valence-corrected chi connectivity index (χ1v) is 9.51. The lowest BCUT2D eigenvalue weighted by Gasteiger charge is -2.60. The molecule has 3 saturated carbocycles. The summed E-state index contributed by atoms with van der Waals surface area (Å²) >= 11 is 0. The number of terminal acetylenes is 1. The lowest BCUT2D eigenvalue weighted by atomic mass is 9.46. The van der Waals surface area contributed by atoms with E-state index in [1.165, 1.54) is 5.57 Å². The van der Waals surface area contributed by atoms with Crippen LogP contribution in [0.15, 0.2) is 11.6 Å². The maximum atomic E-state index is 11.1. The predicted octanol–water partition coefficient (Wildman–Crippen LogP) is 2.65. The quantitative estimate of drug-likeness (QED) is 0.473. The third-order valence-electron chi connectivity index (χ3n) is 8.40. The molecule has 0 radical (unpaired) electrons. The molecule has 132 valence electrons. The van der Waals surface area contributed by atoms with Gasteiger partial charge in [-0.25, -0.2) is 0 Å². The molecule has 0 heterocycles. The Labute approximate surface area is 145 Å². The zero-order chi connectivity index (χ0) is 17.3. The van der Waals surface area contributed by atoms with Crippen LogP contribution in [-0.2, 0) is 0 Å². The Balaban J connectivity index is 1.75. The summed E-state index contributed by atoms with van der Waals surface area (Å²) < 4.78 is 0. The highest BCUT2D eigenvalue weighted by Gasteiger charge is 2.65. The van der Waals surface area contributed by atoms with E-state index in [2.05, 4.69) is 25.8 Å². The molecule has 4 rings (SSSR count). The van der Waals surface area contributed by atoms with Crippen LogP contribution in [0.25, 0.3) is 0 Å². The van der Waals surface area contributed by atoms with Gasteiger partial charge in [0.1, 0.15) is 5.60 Å². The van der Waals surface area contributed by atoms with E-state index in [1.807, 2.05) is 0 Å². The van der Waals surface area contributed by atoms with E-state index < -0.39 is 17.1 Å². The van der Waals surface area contributed by atoms with Crippen LogP contribution < -0.4 is 0 Å². The van der Waals surface area contributed by atoms with Crippen LogP contribution in [0.2, 0.25) is 0 Å². The molecular weight excluding hydrogens is 300 g/mol. The third-order valence-corrected chi connectivity index (χ3v) is 8.40. The highest BCUT2D eigenvalue weighted by Crippen LogP contribution is 2.66. The molecule has 0 saturated heterocycles. The maximum Gasteiger partial charge on any atom is 0.130 e. The van der Waals surface area contributed by atoms with Crippen LogP contribution >= 0.6 is 0 Å². The van der Waals surface area contributed by atoms with Gasteiger partial charge in [0.2, 0.25) is 0 Å². The fraction of sp³-hybridized carbons (Fsp3) is 0.810. The minimum absolute atomic E-state index is 0.0141. The summed E-state index contributed by atoms with van der Waals surface area (Å²) in [5.41, 5.74) is -0.148. The summed E-state index contributed by atoms with van der Waals surface area (Å²) in [6, 6.07) is 0. The highest BCUT2D eigenvalue weighted by atomic mass is 16.3. The van der Waals surface area contributed by atoms with E-state index in [0.29, 0.717) is 24.7 Å². The first kappa shape index (κ1) is 16.6. The standard InChI is InChI=1S/C21H30O3/c1-4-21(24)10-8-16-15-6-5-13-11-14(22)7-9-19(13,2)18(15)17(23)12-20(16,21)3/h1,5,14-18,22-24H,6-12H2,2-3H3/t14-,15-,16-,17-,18+,19-,20-,21-/m0/s1. The molecule has 4 aliphatic rings. The molecule has 0 unspecified atom stereocenters. The molecule has 24 heavy (non-hydrogen) atoms.